The predicted molar refractivity (Wildman–Crippen MR) is 67.4 cm³/mol. The number of carbonyl (C=O) groups excluding carboxylic acids is 1. The van der Waals surface area contributed by atoms with E-state index in [1.165, 1.54) is 20.1 Å². The van der Waals surface area contributed by atoms with Crippen molar-refractivity contribution >= 4 is 23.4 Å². The molecule has 0 saturated heterocycles. The Balaban J connectivity index is 2.67. The summed E-state index contributed by atoms with van der Waals surface area (Å²) in [5.41, 5.74) is 0.408. The molecule has 0 saturated carbocycles. The summed E-state index contributed by atoms with van der Waals surface area (Å²) in [7, 11) is 1.48. The standard InChI is InChI=1S/C12H14ClNO4/c1-7(12(16)17)14-6-10(15)8-3-4-11(18-2)9(13)5-8/h3-5,7,14H,6H2,1-2H3,(H,16,17). The van der Waals surface area contributed by atoms with Crippen LogP contribution in [-0.4, -0.2) is 36.6 Å². The van der Waals surface area contributed by atoms with Crippen molar-refractivity contribution in [3.05, 3.63) is 28.8 Å². The van der Waals surface area contributed by atoms with Crippen molar-refractivity contribution in [2.24, 2.45) is 0 Å². The number of methoxy groups -OCH3 is 1. The number of rotatable bonds is 6. The lowest BCUT2D eigenvalue weighted by molar-refractivity contribution is -0.138. The van der Waals surface area contributed by atoms with Gasteiger partial charge in [0.05, 0.1) is 18.7 Å². The highest BCUT2D eigenvalue weighted by Crippen LogP contribution is 2.24. The summed E-state index contributed by atoms with van der Waals surface area (Å²) in [6, 6.07) is 3.90. The van der Waals surface area contributed by atoms with Gasteiger partial charge in [-0.3, -0.25) is 14.9 Å². The molecule has 0 spiro atoms. The van der Waals surface area contributed by atoms with E-state index in [0.29, 0.717) is 16.3 Å². The zero-order valence-corrected chi connectivity index (χ0v) is 10.8. The number of Topliss-reactive ketones (excluding diaryl/α,β-unsaturated/α-hetero) is 1. The quantitative estimate of drug-likeness (QED) is 0.769. The number of carbonyl (C=O) groups is 2. The van der Waals surface area contributed by atoms with Gasteiger partial charge in [-0.15, -0.1) is 0 Å². The van der Waals surface area contributed by atoms with E-state index in [4.69, 9.17) is 21.4 Å². The zero-order chi connectivity index (χ0) is 13.7. The molecule has 98 valence electrons. The van der Waals surface area contributed by atoms with Crippen molar-refractivity contribution in [2.45, 2.75) is 13.0 Å². The molecule has 0 amide bonds. The number of hydrogen-bond donors (Lipinski definition) is 2. The van der Waals surface area contributed by atoms with Crippen LogP contribution in [0.4, 0.5) is 0 Å². The van der Waals surface area contributed by atoms with Gasteiger partial charge in [0.2, 0.25) is 0 Å². The lowest BCUT2D eigenvalue weighted by Crippen LogP contribution is -2.37. The molecule has 0 bridgehead atoms. The Kier molecular flexibility index (Phi) is 5.12. The number of carboxylic acids is 1. The average molecular weight is 272 g/mol. The van der Waals surface area contributed by atoms with Crippen molar-refractivity contribution < 1.29 is 19.4 Å². The first-order chi connectivity index (χ1) is 8.45. The number of halogens is 1. The van der Waals surface area contributed by atoms with E-state index in [2.05, 4.69) is 5.32 Å². The molecule has 1 unspecified atom stereocenters. The molecule has 1 rings (SSSR count). The zero-order valence-electron chi connectivity index (χ0n) is 10.1. The second-order valence-corrected chi connectivity index (χ2v) is 4.12. The molecule has 0 heterocycles. The van der Waals surface area contributed by atoms with Gasteiger partial charge in [0.25, 0.3) is 0 Å². The normalized spacial score (nSPS) is 11.9. The van der Waals surface area contributed by atoms with Crippen LogP contribution < -0.4 is 10.1 Å². The van der Waals surface area contributed by atoms with Crippen molar-refractivity contribution in [1.82, 2.24) is 5.32 Å². The van der Waals surface area contributed by atoms with Crippen molar-refractivity contribution in [2.75, 3.05) is 13.7 Å². The van der Waals surface area contributed by atoms with Gasteiger partial charge in [-0.1, -0.05) is 11.6 Å². The topological polar surface area (TPSA) is 75.6 Å². The number of nitrogens with one attached hydrogen (secondary N) is 1. The molecule has 0 aromatic heterocycles. The number of benzene rings is 1. The van der Waals surface area contributed by atoms with E-state index in [0.717, 1.165) is 0 Å². The molecular weight excluding hydrogens is 258 g/mol. The Morgan fingerprint density at radius 2 is 2.17 bits per heavy atom. The van der Waals surface area contributed by atoms with Crippen LogP contribution in [0, 0.1) is 0 Å². The van der Waals surface area contributed by atoms with Crippen LogP contribution in [0.2, 0.25) is 5.02 Å². The van der Waals surface area contributed by atoms with Gasteiger partial charge in [-0.05, 0) is 25.1 Å². The van der Waals surface area contributed by atoms with Crippen LogP contribution in [0.15, 0.2) is 18.2 Å². The second-order valence-electron chi connectivity index (χ2n) is 3.71. The molecule has 1 aromatic carbocycles. The number of aliphatic carboxylic acids is 1. The third-order valence-electron chi connectivity index (χ3n) is 2.41. The first-order valence-electron chi connectivity index (χ1n) is 5.28. The summed E-state index contributed by atoms with van der Waals surface area (Å²) in [5.74, 6) is -0.747. The predicted octanol–water partition coefficient (Wildman–Crippen LogP) is 1.59. The molecule has 2 N–H and O–H groups in total. The van der Waals surface area contributed by atoms with E-state index in [-0.39, 0.29) is 12.3 Å². The van der Waals surface area contributed by atoms with Crippen molar-refractivity contribution in [1.29, 1.82) is 0 Å². The molecular formula is C12H14ClNO4. The first kappa shape index (κ1) is 14.5. The monoisotopic (exact) mass is 271 g/mol. The maximum absolute atomic E-state index is 11.8. The first-order valence-corrected chi connectivity index (χ1v) is 5.66. The van der Waals surface area contributed by atoms with Crippen LogP contribution in [-0.2, 0) is 4.79 Å². The molecule has 0 aliphatic rings. The summed E-state index contributed by atoms with van der Waals surface area (Å²) in [6.45, 7) is 1.41. The van der Waals surface area contributed by atoms with Gasteiger partial charge in [-0.25, -0.2) is 0 Å². The minimum atomic E-state index is -1.00. The van der Waals surface area contributed by atoms with Crippen LogP contribution in [0.5, 0.6) is 5.75 Å². The number of ketones is 1. The fourth-order valence-corrected chi connectivity index (χ4v) is 1.53. The Bertz CT molecular complexity index is 461. The molecule has 1 atom stereocenters. The van der Waals surface area contributed by atoms with E-state index in [1.54, 1.807) is 12.1 Å². The molecule has 1 aromatic rings. The average Bonchev–Trinajstić information content (AvgIpc) is 2.35. The number of carboxylic acid groups (broad SMARTS) is 1. The Morgan fingerprint density at radius 1 is 1.50 bits per heavy atom. The molecule has 0 fully saturated rings. The van der Waals surface area contributed by atoms with E-state index in [9.17, 15) is 9.59 Å². The summed E-state index contributed by atoms with van der Waals surface area (Å²) in [5, 5.41) is 11.6. The molecule has 6 heteroatoms. The highest BCUT2D eigenvalue weighted by Gasteiger charge is 2.13. The van der Waals surface area contributed by atoms with Gasteiger partial charge >= 0.3 is 5.97 Å². The fraction of sp³-hybridized carbons (Fsp3) is 0.333. The van der Waals surface area contributed by atoms with Gasteiger partial charge in [0.15, 0.2) is 5.78 Å². The van der Waals surface area contributed by atoms with Crippen LogP contribution in [0.25, 0.3) is 0 Å². The van der Waals surface area contributed by atoms with E-state index in [1.807, 2.05) is 0 Å². The van der Waals surface area contributed by atoms with Crippen molar-refractivity contribution in [3.8, 4) is 5.75 Å². The van der Waals surface area contributed by atoms with Crippen molar-refractivity contribution in [3.63, 3.8) is 0 Å². The van der Waals surface area contributed by atoms with Crippen LogP contribution >= 0.6 is 11.6 Å². The lowest BCUT2D eigenvalue weighted by atomic mass is 10.1. The van der Waals surface area contributed by atoms with E-state index < -0.39 is 12.0 Å². The summed E-state index contributed by atoms with van der Waals surface area (Å²) in [6.07, 6.45) is 0. The minimum Gasteiger partial charge on any atom is -0.495 e. The highest BCUT2D eigenvalue weighted by molar-refractivity contribution is 6.32. The molecule has 5 nitrogen and oxygen atoms in total. The Morgan fingerprint density at radius 3 is 2.67 bits per heavy atom. The minimum absolute atomic E-state index is 0.0594. The summed E-state index contributed by atoms with van der Waals surface area (Å²) < 4.78 is 4.97. The van der Waals surface area contributed by atoms with Gasteiger partial charge in [0.1, 0.15) is 11.8 Å². The third-order valence-corrected chi connectivity index (χ3v) is 2.71. The molecule has 18 heavy (non-hydrogen) atoms. The largest absolute Gasteiger partial charge is 0.495 e. The third kappa shape index (κ3) is 3.72. The van der Waals surface area contributed by atoms with Crippen LogP contribution in [0.3, 0.4) is 0 Å². The smallest absolute Gasteiger partial charge is 0.320 e. The second kappa shape index (κ2) is 6.37. The molecule has 0 aliphatic carbocycles. The van der Waals surface area contributed by atoms with Crippen LogP contribution in [0.1, 0.15) is 17.3 Å². The molecule has 0 aliphatic heterocycles. The SMILES string of the molecule is COc1ccc(C(=O)CNC(C)C(=O)O)cc1Cl. The Hall–Kier alpha value is -1.59. The number of ether oxygens (including phenoxy) is 1. The maximum Gasteiger partial charge on any atom is 0.320 e. The van der Waals surface area contributed by atoms with Gasteiger partial charge in [-0.2, -0.15) is 0 Å². The number of hydrogen-bond acceptors (Lipinski definition) is 4. The summed E-state index contributed by atoms with van der Waals surface area (Å²) >= 11 is 5.90. The maximum atomic E-state index is 11.8. The Labute approximate surface area is 110 Å². The highest BCUT2D eigenvalue weighted by atomic mass is 35.5. The van der Waals surface area contributed by atoms with E-state index >= 15 is 0 Å². The van der Waals surface area contributed by atoms with Gasteiger partial charge < -0.3 is 9.84 Å². The van der Waals surface area contributed by atoms with Gasteiger partial charge in [0, 0.05) is 5.56 Å². The summed E-state index contributed by atoms with van der Waals surface area (Å²) in [4.78, 5) is 22.3. The molecule has 0 radical (unpaired) electrons. The lowest BCUT2D eigenvalue weighted by Gasteiger charge is -2.09. The fourth-order valence-electron chi connectivity index (χ4n) is 1.27.